The number of alkyl carbamates (subject to hydrolysis) is 1. The number of ketones is 1. The summed E-state index contributed by atoms with van der Waals surface area (Å²) in [5.74, 6) is -3.75. The molecule has 4 N–H and O–H groups in total. The predicted molar refractivity (Wildman–Crippen MR) is 173 cm³/mol. The highest BCUT2D eigenvalue weighted by Crippen LogP contribution is 2.36. The molecule has 0 saturated heterocycles. The molecule has 0 fully saturated rings. The van der Waals surface area contributed by atoms with Crippen molar-refractivity contribution < 1.29 is 41.0 Å². The Morgan fingerprint density at radius 3 is 1.89 bits per heavy atom. The van der Waals surface area contributed by atoms with Crippen LogP contribution in [0.15, 0.2) is 89.8 Å². The monoisotopic (exact) mass is 677 g/mol. The zero-order chi connectivity index (χ0) is 34.8. The maximum Gasteiger partial charge on any atom is 0.407 e. The number of benzene rings is 3. The fourth-order valence-corrected chi connectivity index (χ4v) is 7.58. The standard InChI is InChI=1S/C34H42F3N3O6S/c1-23(2)40(47(44,45)29-19-17-27(38)18-20-29)28(22-41)16-10-15-26(34(35,36)37)21-30(42)32(39-33(43)46-3)31(24-11-6-4-7-12-24)25-13-8-5-9-14-25/h4-9,11-14,17-20,23,26,28,31-32,41H,10,15-16,21-22,38H2,1-3H3,(H,39,43)/t26-,28-,32+/m0/s1. The predicted octanol–water partition coefficient (Wildman–Crippen LogP) is 5.89. The molecule has 3 rings (SSSR count). The molecule has 0 aromatic heterocycles. The largest absolute Gasteiger partial charge is 0.453 e. The summed E-state index contributed by atoms with van der Waals surface area (Å²) in [5.41, 5.74) is 7.27. The highest BCUT2D eigenvalue weighted by molar-refractivity contribution is 7.89. The summed E-state index contributed by atoms with van der Waals surface area (Å²) in [6.07, 6.45) is -7.42. The van der Waals surface area contributed by atoms with E-state index in [2.05, 4.69) is 5.32 Å². The van der Waals surface area contributed by atoms with E-state index in [1.54, 1.807) is 74.5 Å². The molecular weight excluding hydrogens is 635 g/mol. The molecule has 0 radical (unpaired) electrons. The molecular formula is C34H42F3N3O6S. The molecule has 0 heterocycles. The second-order valence-corrected chi connectivity index (χ2v) is 13.4. The van der Waals surface area contributed by atoms with Gasteiger partial charge in [0, 0.05) is 30.1 Å². The number of hydrogen-bond donors (Lipinski definition) is 3. The second kappa shape index (κ2) is 16.8. The molecule has 0 aliphatic rings. The van der Waals surface area contributed by atoms with Gasteiger partial charge in [0.15, 0.2) is 5.78 Å². The molecule has 0 unspecified atom stereocenters. The topological polar surface area (TPSA) is 139 Å². The number of nitrogens with zero attached hydrogens (tertiary/aromatic N) is 1. The molecule has 47 heavy (non-hydrogen) atoms. The Labute approximate surface area is 274 Å². The van der Waals surface area contributed by atoms with Gasteiger partial charge < -0.3 is 20.9 Å². The first-order chi connectivity index (χ1) is 22.2. The van der Waals surface area contributed by atoms with Gasteiger partial charge in [0.05, 0.1) is 24.5 Å². The number of aliphatic hydroxyl groups is 1. The molecule has 0 aliphatic heterocycles. The van der Waals surface area contributed by atoms with Crippen LogP contribution in [-0.2, 0) is 19.6 Å². The van der Waals surface area contributed by atoms with Crippen LogP contribution in [-0.4, -0.2) is 67.7 Å². The Balaban J connectivity index is 1.86. The lowest BCUT2D eigenvalue weighted by Crippen LogP contribution is -2.47. The summed E-state index contributed by atoms with van der Waals surface area (Å²) in [4.78, 5) is 26.1. The number of alkyl halides is 3. The van der Waals surface area contributed by atoms with Crippen molar-refractivity contribution in [3.8, 4) is 0 Å². The minimum Gasteiger partial charge on any atom is -0.453 e. The Morgan fingerprint density at radius 2 is 1.45 bits per heavy atom. The van der Waals surface area contributed by atoms with Crippen molar-refractivity contribution in [1.82, 2.24) is 9.62 Å². The van der Waals surface area contributed by atoms with Gasteiger partial charge in [0.2, 0.25) is 10.0 Å². The van der Waals surface area contributed by atoms with Crippen molar-refractivity contribution in [2.45, 2.75) is 74.6 Å². The van der Waals surface area contributed by atoms with Crippen LogP contribution >= 0.6 is 0 Å². The number of methoxy groups -OCH3 is 1. The Morgan fingerprint density at radius 1 is 0.915 bits per heavy atom. The lowest BCUT2D eigenvalue weighted by Gasteiger charge is -2.33. The van der Waals surface area contributed by atoms with Gasteiger partial charge in [0.25, 0.3) is 0 Å². The second-order valence-electron chi connectivity index (χ2n) is 11.6. The van der Waals surface area contributed by atoms with Gasteiger partial charge in [-0.05, 0) is 62.1 Å². The number of nitrogens with one attached hydrogen (secondary N) is 1. The highest BCUT2D eigenvalue weighted by Gasteiger charge is 2.43. The summed E-state index contributed by atoms with van der Waals surface area (Å²) in [5, 5.41) is 12.6. The van der Waals surface area contributed by atoms with E-state index >= 15 is 0 Å². The number of aliphatic hydroxyl groups excluding tert-OH is 1. The summed E-state index contributed by atoms with van der Waals surface area (Å²) in [6, 6.07) is 19.8. The fourth-order valence-electron chi connectivity index (χ4n) is 5.74. The lowest BCUT2D eigenvalue weighted by atomic mass is 9.80. The molecule has 256 valence electrons. The van der Waals surface area contributed by atoms with Crippen LogP contribution in [0.5, 0.6) is 0 Å². The number of ether oxygens (including phenoxy) is 1. The van der Waals surface area contributed by atoms with Crippen LogP contribution in [0.4, 0.5) is 23.7 Å². The summed E-state index contributed by atoms with van der Waals surface area (Å²) in [6.45, 7) is 2.60. The molecule has 0 saturated carbocycles. The quantitative estimate of drug-likeness (QED) is 0.161. The molecule has 3 atom stereocenters. The van der Waals surface area contributed by atoms with Gasteiger partial charge in [-0.15, -0.1) is 0 Å². The number of halogens is 3. The van der Waals surface area contributed by atoms with Gasteiger partial charge in [-0.25, -0.2) is 13.2 Å². The number of nitrogens with two attached hydrogens (primary N) is 1. The highest BCUT2D eigenvalue weighted by atomic mass is 32.2. The first-order valence-electron chi connectivity index (χ1n) is 15.2. The van der Waals surface area contributed by atoms with Gasteiger partial charge >= 0.3 is 12.3 Å². The van der Waals surface area contributed by atoms with E-state index in [1.165, 1.54) is 24.3 Å². The van der Waals surface area contributed by atoms with Crippen LogP contribution in [0, 0.1) is 5.92 Å². The lowest BCUT2D eigenvalue weighted by molar-refractivity contribution is -0.181. The van der Waals surface area contributed by atoms with Gasteiger partial charge in [0.1, 0.15) is 6.04 Å². The molecule has 3 aromatic rings. The third-order valence-corrected chi connectivity index (χ3v) is 10.1. The van der Waals surface area contributed by atoms with Crippen molar-refractivity contribution in [2.75, 3.05) is 19.5 Å². The smallest absolute Gasteiger partial charge is 0.407 e. The molecule has 0 bridgehead atoms. The van der Waals surface area contributed by atoms with Crippen LogP contribution in [0.25, 0.3) is 0 Å². The first-order valence-corrected chi connectivity index (χ1v) is 16.7. The number of hydrogen-bond acceptors (Lipinski definition) is 7. The number of anilines is 1. The SMILES string of the molecule is COC(=O)N[C@H](C(=O)C[C@H](CCC[C@@H](CO)N(C(C)C)S(=O)(=O)c1ccc(N)cc1)C(F)(F)F)C(c1ccccc1)c1ccccc1. The molecule has 13 heteroatoms. The number of nitrogen functional groups attached to an aromatic ring is 1. The average molecular weight is 678 g/mol. The van der Waals surface area contributed by atoms with Crippen LogP contribution < -0.4 is 11.1 Å². The Hall–Kier alpha value is -3.94. The first kappa shape index (κ1) is 37.5. The minimum atomic E-state index is -4.77. The van der Waals surface area contributed by atoms with E-state index in [0.29, 0.717) is 16.8 Å². The van der Waals surface area contributed by atoms with Crippen molar-refractivity contribution in [3.05, 3.63) is 96.1 Å². The molecule has 3 aromatic carbocycles. The van der Waals surface area contributed by atoms with E-state index in [-0.39, 0.29) is 17.7 Å². The van der Waals surface area contributed by atoms with Crippen molar-refractivity contribution >= 4 is 27.6 Å². The maximum atomic E-state index is 14.4. The Bertz CT molecular complexity index is 1500. The summed E-state index contributed by atoms with van der Waals surface area (Å²) < 4.78 is 76.0. The normalized spacial score (nSPS) is 14.2. The number of carbonyl (C=O) groups is 2. The molecule has 0 spiro atoms. The summed E-state index contributed by atoms with van der Waals surface area (Å²) in [7, 11) is -3.03. The number of amides is 1. The van der Waals surface area contributed by atoms with Gasteiger partial charge in [-0.3, -0.25) is 4.79 Å². The van der Waals surface area contributed by atoms with E-state index in [0.717, 1.165) is 11.4 Å². The van der Waals surface area contributed by atoms with Gasteiger partial charge in [-0.2, -0.15) is 17.5 Å². The third-order valence-electron chi connectivity index (χ3n) is 7.99. The van der Waals surface area contributed by atoms with Crippen LogP contribution in [0.2, 0.25) is 0 Å². The van der Waals surface area contributed by atoms with E-state index in [9.17, 15) is 36.3 Å². The summed E-state index contributed by atoms with van der Waals surface area (Å²) >= 11 is 0. The van der Waals surface area contributed by atoms with E-state index in [4.69, 9.17) is 10.5 Å². The maximum absolute atomic E-state index is 14.4. The zero-order valence-corrected chi connectivity index (χ0v) is 27.4. The zero-order valence-electron chi connectivity index (χ0n) is 26.6. The van der Waals surface area contributed by atoms with Crippen LogP contribution in [0.1, 0.15) is 56.6 Å². The molecule has 9 nitrogen and oxygen atoms in total. The van der Waals surface area contributed by atoms with E-state index in [1.807, 2.05) is 0 Å². The fraction of sp³-hybridized carbons (Fsp3) is 0.412. The van der Waals surface area contributed by atoms with E-state index < -0.39 is 77.5 Å². The van der Waals surface area contributed by atoms with Crippen molar-refractivity contribution in [2.24, 2.45) is 5.92 Å². The van der Waals surface area contributed by atoms with Crippen molar-refractivity contribution in [1.29, 1.82) is 0 Å². The van der Waals surface area contributed by atoms with Crippen LogP contribution in [0.3, 0.4) is 0 Å². The minimum absolute atomic E-state index is 0.0619. The van der Waals surface area contributed by atoms with Gasteiger partial charge in [-0.1, -0.05) is 67.1 Å². The average Bonchev–Trinajstić information content (AvgIpc) is 3.03. The Kier molecular flexibility index (Phi) is 13.4. The number of carbonyl (C=O) groups excluding carboxylic acids is 2. The number of sulfonamides is 1. The number of Topliss-reactive ketones (excluding diaryl/α,β-unsaturated/α-hetero) is 1. The number of rotatable bonds is 16. The van der Waals surface area contributed by atoms with Crippen molar-refractivity contribution in [3.63, 3.8) is 0 Å². The molecule has 0 aliphatic carbocycles. The molecule has 1 amide bonds. The third kappa shape index (κ3) is 10.0.